The minimum atomic E-state index is -0.0515. The third kappa shape index (κ3) is 6.03. The van der Waals surface area contributed by atoms with Gasteiger partial charge in [-0.3, -0.25) is 19.8 Å². The fraction of sp³-hybridized carbons (Fsp3) is 0.439. The lowest BCUT2D eigenvalue weighted by Gasteiger charge is -2.52. The molecule has 0 spiro atoms. The van der Waals surface area contributed by atoms with Crippen LogP contribution in [-0.2, 0) is 0 Å². The number of nitrogens with one attached hydrogen (secondary N) is 2. The standard InChI is InChI=1S/C41H48N6O2S/c1-5-25-23-46-17-13-27(25)19-37(46)39(31-11-15-42-35-9-7-29(48-3)21-33(31)35)44-41(50)45-40(38-20-28-14-18-47(38)24-26(28)6-2)32-12-16-43-36-10-8-30(49-4)22-34(32)36/h5-12,15-16,21-22,25-28,37-40H,1-2,13-14,17-20,23-24H2,3-4H3,(H2,44,45,50)/t25-,26-,27-,28-,37+,38+,39-,40-/m0/s1. The SMILES string of the molecule is C=C[C@H]1CN2CC[C@H]1C[C@@H]2[C@@H](NC(=S)N[C@@H](c1ccnc2ccc(OC)cc12)[C@H]1C[C@@H]2CCN1C[C@@H]2C=C)c1ccnc2ccc(OC)cc12. The second kappa shape index (κ2) is 13.9. The summed E-state index contributed by atoms with van der Waals surface area (Å²) in [6, 6.07) is 17.1. The minimum absolute atomic E-state index is 0.0515. The number of thiocarbonyl (C=S) groups is 1. The molecule has 6 saturated heterocycles. The Bertz CT molecular complexity index is 1780. The van der Waals surface area contributed by atoms with Crippen molar-refractivity contribution in [3.05, 3.63) is 97.4 Å². The van der Waals surface area contributed by atoms with E-state index in [-0.39, 0.29) is 24.2 Å². The number of rotatable bonds is 10. The topological polar surface area (TPSA) is 74.8 Å². The third-order valence-electron chi connectivity index (χ3n) is 12.3. The quantitative estimate of drug-likeness (QED) is 0.138. The van der Waals surface area contributed by atoms with Crippen LogP contribution in [0.4, 0.5) is 0 Å². The highest BCUT2D eigenvalue weighted by Gasteiger charge is 2.45. The summed E-state index contributed by atoms with van der Waals surface area (Å²) in [4.78, 5) is 14.8. The Labute approximate surface area is 300 Å². The predicted octanol–water partition coefficient (Wildman–Crippen LogP) is 6.84. The molecule has 0 saturated carbocycles. The Hall–Kier alpha value is -4.05. The van der Waals surface area contributed by atoms with Gasteiger partial charge in [-0.05, 0) is 134 Å². The molecule has 4 bridgehead atoms. The monoisotopic (exact) mass is 688 g/mol. The lowest BCUT2D eigenvalue weighted by Crippen LogP contribution is -2.60. The van der Waals surface area contributed by atoms with E-state index >= 15 is 0 Å². The van der Waals surface area contributed by atoms with E-state index < -0.39 is 0 Å². The number of aromatic nitrogens is 2. The van der Waals surface area contributed by atoms with Gasteiger partial charge in [-0.2, -0.15) is 0 Å². The highest BCUT2D eigenvalue weighted by Crippen LogP contribution is 2.44. The van der Waals surface area contributed by atoms with Crippen LogP contribution < -0.4 is 20.1 Å². The summed E-state index contributed by atoms with van der Waals surface area (Å²) in [6.45, 7) is 12.6. The Morgan fingerprint density at radius 2 is 1.22 bits per heavy atom. The van der Waals surface area contributed by atoms with Crippen LogP contribution in [0.1, 0.15) is 48.9 Å². The van der Waals surface area contributed by atoms with Gasteiger partial charge in [-0.25, -0.2) is 0 Å². The zero-order valence-electron chi connectivity index (χ0n) is 29.1. The zero-order chi connectivity index (χ0) is 34.4. The Balaban J connectivity index is 1.18. The smallest absolute Gasteiger partial charge is 0.167 e. The molecule has 6 aliphatic heterocycles. The molecule has 0 aliphatic carbocycles. The van der Waals surface area contributed by atoms with Gasteiger partial charge in [0.2, 0.25) is 0 Å². The number of ether oxygens (including phenoxy) is 2. The molecule has 10 rings (SSSR count). The van der Waals surface area contributed by atoms with Crippen molar-refractivity contribution in [2.24, 2.45) is 23.7 Å². The summed E-state index contributed by atoms with van der Waals surface area (Å²) >= 11 is 6.38. The number of benzene rings is 2. The van der Waals surface area contributed by atoms with Gasteiger partial charge < -0.3 is 20.1 Å². The van der Waals surface area contributed by atoms with Crippen molar-refractivity contribution in [2.75, 3.05) is 40.4 Å². The fourth-order valence-electron chi connectivity index (χ4n) is 9.62. The molecule has 0 amide bonds. The number of fused-ring (bicyclic) bond motifs is 8. The molecule has 0 radical (unpaired) electrons. The van der Waals surface area contributed by atoms with Crippen LogP contribution in [0.3, 0.4) is 0 Å². The van der Waals surface area contributed by atoms with E-state index in [4.69, 9.17) is 31.7 Å². The fourth-order valence-corrected chi connectivity index (χ4v) is 9.88. The van der Waals surface area contributed by atoms with E-state index in [0.717, 1.165) is 72.3 Å². The predicted molar refractivity (Wildman–Crippen MR) is 204 cm³/mol. The molecule has 8 heterocycles. The van der Waals surface area contributed by atoms with Crippen molar-refractivity contribution in [2.45, 2.75) is 49.9 Å². The van der Waals surface area contributed by atoms with Crippen LogP contribution in [0.5, 0.6) is 11.5 Å². The van der Waals surface area contributed by atoms with Crippen LogP contribution in [-0.4, -0.2) is 77.4 Å². The lowest BCUT2D eigenvalue weighted by atomic mass is 9.73. The van der Waals surface area contributed by atoms with Crippen molar-refractivity contribution in [1.29, 1.82) is 0 Å². The van der Waals surface area contributed by atoms with Crippen molar-refractivity contribution < 1.29 is 9.47 Å². The number of piperidine rings is 6. The third-order valence-corrected chi connectivity index (χ3v) is 12.5. The number of hydrogen-bond donors (Lipinski definition) is 2. The number of nitrogens with zero attached hydrogens (tertiary/aromatic N) is 4. The molecule has 6 aliphatic rings. The van der Waals surface area contributed by atoms with Crippen LogP contribution >= 0.6 is 12.2 Å². The van der Waals surface area contributed by atoms with E-state index in [2.05, 4.69) is 70.0 Å². The summed E-state index contributed by atoms with van der Waals surface area (Å²) in [5.74, 6) is 3.92. The minimum Gasteiger partial charge on any atom is -0.497 e. The molecule has 50 heavy (non-hydrogen) atoms. The van der Waals surface area contributed by atoms with Gasteiger partial charge in [-0.15, -0.1) is 13.2 Å². The lowest BCUT2D eigenvalue weighted by molar-refractivity contribution is 0.00188. The zero-order valence-corrected chi connectivity index (χ0v) is 29.9. The average Bonchev–Trinajstić information content (AvgIpc) is 3.18. The first kappa shape index (κ1) is 33.1. The van der Waals surface area contributed by atoms with Crippen molar-refractivity contribution >= 4 is 39.1 Å². The molecule has 2 aromatic heterocycles. The van der Waals surface area contributed by atoms with Crippen molar-refractivity contribution in [1.82, 2.24) is 30.4 Å². The maximum Gasteiger partial charge on any atom is 0.167 e. The Morgan fingerprint density at radius 3 is 1.60 bits per heavy atom. The van der Waals surface area contributed by atoms with Gasteiger partial charge >= 0.3 is 0 Å². The first-order valence-corrected chi connectivity index (χ1v) is 18.5. The molecule has 8 nitrogen and oxygen atoms in total. The first-order chi connectivity index (χ1) is 24.5. The molecule has 9 heteroatoms. The molecule has 4 aromatic rings. The maximum absolute atomic E-state index is 6.38. The second-order valence-electron chi connectivity index (χ2n) is 14.6. The molecule has 2 N–H and O–H groups in total. The second-order valence-corrected chi connectivity index (χ2v) is 15.0. The van der Waals surface area contributed by atoms with Crippen molar-refractivity contribution in [3.63, 3.8) is 0 Å². The van der Waals surface area contributed by atoms with Gasteiger partial charge in [0.1, 0.15) is 11.5 Å². The molecule has 10 atom stereocenters. The summed E-state index contributed by atoms with van der Waals surface area (Å²) < 4.78 is 11.4. The number of pyridine rings is 2. The molecule has 260 valence electrons. The van der Waals surface area contributed by atoms with Crippen LogP contribution in [0.2, 0.25) is 0 Å². The Kier molecular flexibility index (Phi) is 9.23. The number of methoxy groups -OCH3 is 2. The van der Waals surface area contributed by atoms with Gasteiger partial charge in [0.25, 0.3) is 0 Å². The van der Waals surface area contributed by atoms with Gasteiger partial charge in [0.15, 0.2) is 5.11 Å². The van der Waals surface area contributed by atoms with Crippen molar-refractivity contribution in [3.8, 4) is 11.5 Å². The molecule has 2 unspecified atom stereocenters. The normalized spacial score (nSPS) is 29.6. The highest BCUT2D eigenvalue weighted by molar-refractivity contribution is 7.80. The molecule has 2 aromatic carbocycles. The summed E-state index contributed by atoms with van der Waals surface area (Å²) in [6.07, 6.45) is 12.8. The van der Waals surface area contributed by atoms with Crippen LogP contribution in [0, 0.1) is 23.7 Å². The van der Waals surface area contributed by atoms with Crippen LogP contribution in [0.15, 0.2) is 86.2 Å². The van der Waals surface area contributed by atoms with E-state index in [1.807, 2.05) is 36.7 Å². The van der Waals surface area contributed by atoms with E-state index in [0.29, 0.717) is 28.8 Å². The average molecular weight is 689 g/mol. The van der Waals surface area contributed by atoms with E-state index in [1.165, 1.54) is 24.0 Å². The van der Waals surface area contributed by atoms with Crippen LogP contribution in [0.25, 0.3) is 21.8 Å². The van der Waals surface area contributed by atoms with E-state index in [1.54, 1.807) is 14.2 Å². The largest absolute Gasteiger partial charge is 0.497 e. The number of hydrogen-bond acceptors (Lipinski definition) is 7. The maximum atomic E-state index is 6.38. The van der Waals surface area contributed by atoms with Gasteiger partial charge in [0, 0.05) is 48.3 Å². The Morgan fingerprint density at radius 1 is 0.760 bits per heavy atom. The summed E-state index contributed by atoms with van der Waals surface area (Å²) in [5.41, 5.74) is 4.28. The molecular weight excluding hydrogens is 641 g/mol. The van der Waals surface area contributed by atoms with Gasteiger partial charge in [0.05, 0.1) is 37.3 Å². The first-order valence-electron chi connectivity index (χ1n) is 18.1. The summed E-state index contributed by atoms with van der Waals surface area (Å²) in [7, 11) is 3.44. The summed E-state index contributed by atoms with van der Waals surface area (Å²) in [5, 5.41) is 10.7. The van der Waals surface area contributed by atoms with Gasteiger partial charge in [-0.1, -0.05) is 12.2 Å². The molecule has 6 fully saturated rings. The highest BCUT2D eigenvalue weighted by atomic mass is 32.1. The van der Waals surface area contributed by atoms with E-state index in [9.17, 15) is 0 Å². The molecular formula is C41H48N6O2S.